The maximum Gasteiger partial charge on any atom is 0.175 e. The van der Waals surface area contributed by atoms with Gasteiger partial charge in [-0.05, 0) is 18.6 Å². The number of nitrogens with two attached hydrogens (primary N) is 1. The second-order valence-corrected chi connectivity index (χ2v) is 2.82. The number of rotatable bonds is 2. The van der Waals surface area contributed by atoms with E-state index < -0.39 is 0 Å². The van der Waals surface area contributed by atoms with Gasteiger partial charge in [0.2, 0.25) is 0 Å². The lowest BCUT2D eigenvalue weighted by Gasteiger charge is -2.04. The first-order valence-electron chi connectivity index (χ1n) is 3.98. The van der Waals surface area contributed by atoms with Crippen LogP contribution in [0.1, 0.15) is 22.3 Å². The number of ketones is 1. The maximum absolute atomic E-state index is 11.4. The molecular formula is C11H11NO. The highest BCUT2D eigenvalue weighted by molar-refractivity contribution is 5.99. The molecule has 2 heteroatoms. The van der Waals surface area contributed by atoms with Crippen LogP contribution in [0.25, 0.3) is 0 Å². The zero-order valence-corrected chi connectivity index (χ0v) is 7.50. The normalized spacial score (nSPS) is 9.23. The van der Waals surface area contributed by atoms with Gasteiger partial charge in [-0.25, -0.2) is 0 Å². The van der Waals surface area contributed by atoms with Crippen LogP contribution in [0, 0.1) is 19.3 Å². The van der Waals surface area contributed by atoms with Crippen LogP contribution in [0.4, 0.5) is 5.69 Å². The summed E-state index contributed by atoms with van der Waals surface area (Å²) in [6, 6.07) is 5.26. The summed E-state index contributed by atoms with van der Waals surface area (Å²) >= 11 is 0. The van der Waals surface area contributed by atoms with Crippen LogP contribution >= 0.6 is 0 Å². The number of Topliss-reactive ketones (excluding diaryl/α,β-unsaturated/α-hetero) is 1. The predicted molar refractivity (Wildman–Crippen MR) is 53.4 cm³/mol. The molecule has 0 heterocycles. The summed E-state index contributed by atoms with van der Waals surface area (Å²) in [6.45, 7) is 1.82. The van der Waals surface area contributed by atoms with Crippen LogP contribution < -0.4 is 5.73 Å². The van der Waals surface area contributed by atoms with Crippen molar-refractivity contribution >= 4 is 11.5 Å². The topological polar surface area (TPSA) is 43.1 Å². The third kappa shape index (κ3) is 1.88. The molecule has 2 nitrogen and oxygen atoms in total. The Morgan fingerprint density at radius 3 is 2.92 bits per heavy atom. The molecule has 66 valence electrons. The lowest BCUT2D eigenvalue weighted by atomic mass is 10.0. The molecule has 0 aromatic heterocycles. The van der Waals surface area contributed by atoms with E-state index in [-0.39, 0.29) is 12.2 Å². The third-order valence-electron chi connectivity index (χ3n) is 1.94. The van der Waals surface area contributed by atoms with Gasteiger partial charge in [-0.3, -0.25) is 4.79 Å². The highest BCUT2D eigenvalue weighted by Crippen LogP contribution is 2.16. The number of nitrogen functional groups attached to an aromatic ring is 1. The number of anilines is 1. The van der Waals surface area contributed by atoms with Crippen molar-refractivity contribution < 1.29 is 4.79 Å². The summed E-state index contributed by atoms with van der Waals surface area (Å²) in [5.41, 5.74) is 7.71. The lowest BCUT2D eigenvalue weighted by Crippen LogP contribution is -2.02. The quantitative estimate of drug-likeness (QED) is 0.421. The highest BCUT2D eigenvalue weighted by atomic mass is 16.1. The van der Waals surface area contributed by atoms with E-state index in [2.05, 4.69) is 5.92 Å². The Labute approximate surface area is 77.8 Å². The second-order valence-electron chi connectivity index (χ2n) is 2.82. The summed E-state index contributed by atoms with van der Waals surface area (Å²) in [7, 11) is 0. The Morgan fingerprint density at radius 2 is 2.31 bits per heavy atom. The minimum atomic E-state index is -0.0488. The van der Waals surface area contributed by atoms with E-state index in [4.69, 9.17) is 12.2 Å². The van der Waals surface area contributed by atoms with Crippen molar-refractivity contribution in [2.45, 2.75) is 13.3 Å². The largest absolute Gasteiger partial charge is 0.398 e. The molecule has 1 aromatic rings. The van der Waals surface area contributed by atoms with E-state index in [0.29, 0.717) is 11.3 Å². The minimum absolute atomic E-state index is 0.0488. The molecule has 0 aliphatic carbocycles. The molecule has 0 saturated heterocycles. The van der Waals surface area contributed by atoms with Crippen molar-refractivity contribution in [1.29, 1.82) is 0 Å². The van der Waals surface area contributed by atoms with E-state index in [1.54, 1.807) is 18.2 Å². The Morgan fingerprint density at radius 1 is 1.62 bits per heavy atom. The van der Waals surface area contributed by atoms with Gasteiger partial charge >= 0.3 is 0 Å². The number of hydrogen-bond acceptors (Lipinski definition) is 2. The van der Waals surface area contributed by atoms with Crippen molar-refractivity contribution in [3.63, 3.8) is 0 Å². The summed E-state index contributed by atoms with van der Waals surface area (Å²) in [5, 5.41) is 0. The summed E-state index contributed by atoms with van der Waals surface area (Å²) in [4.78, 5) is 11.4. The van der Waals surface area contributed by atoms with Crippen LogP contribution in [-0.2, 0) is 0 Å². The molecule has 0 radical (unpaired) electrons. The van der Waals surface area contributed by atoms with Gasteiger partial charge in [0.05, 0.1) is 6.42 Å². The van der Waals surface area contributed by atoms with E-state index in [0.717, 1.165) is 5.56 Å². The van der Waals surface area contributed by atoms with Gasteiger partial charge in [-0.1, -0.05) is 18.1 Å². The molecular weight excluding hydrogens is 162 g/mol. The van der Waals surface area contributed by atoms with Gasteiger partial charge in [0, 0.05) is 11.3 Å². The fourth-order valence-electron chi connectivity index (χ4n) is 1.14. The average Bonchev–Trinajstić information content (AvgIpc) is 2.10. The van der Waals surface area contributed by atoms with Crippen molar-refractivity contribution in [3.05, 3.63) is 29.3 Å². The van der Waals surface area contributed by atoms with Gasteiger partial charge in [0.1, 0.15) is 0 Å². The molecule has 0 saturated carbocycles. The molecule has 0 amide bonds. The van der Waals surface area contributed by atoms with Crippen LogP contribution in [0.5, 0.6) is 0 Å². The molecule has 1 rings (SSSR count). The summed E-state index contributed by atoms with van der Waals surface area (Å²) in [5.74, 6) is 2.27. The molecule has 0 spiro atoms. The number of carbonyl (C=O) groups is 1. The number of carbonyl (C=O) groups excluding carboxylic acids is 1. The van der Waals surface area contributed by atoms with Gasteiger partial charge in [0.25, 0.3) is 0 Å². The molecule has 0 aliphatic rings. The molecule has 2 N–H and O–H groups in total. The first-order valence-corrected chi connectivity index (χ1v) is 3.98. The summed E-state index contributed by atoms with van der Waals surface area (Å²) < 4.78 is 0. The molecule has 0 atom stereocenters. The SMILES string of the molecule is C#CCC(=O)c1cccc(N)c1C. The minimum Gasteiger partial charge on any atom is -0.398 e. The van der Waals surface area contributed by atoms with Crippen LogP contribution in [-0.4, -0.2) is 5.78 Å². The smallest absolute Gasteiger partial charge is 0.175 e. The number of hydrogen-bond donors (Lipinski definition) is 1. The molecule has 0 bridgehead atoms. The standard InChI is InChI=1S/C11H11NO/c1-3-5-11(13)9-6-4-7-10(12)8(9)2/h1,4,6-7H,5,12H2,2H3. The third-order valence-corrected chi connectivity index (χ3v) is 1.94. The molecule has 0 fully saturated rings. The zero-order valence-electron chi connectivity index (χ0n) is 7.50. The fourth-order valence-corrected chi connectivity index (χ4v) is 1.14. The maximum atomic E-state index is 11.4. The number of benzene rings is 1. The van der Waals surface area contributed by atoms with Gasteiger partial charge in [-0.15, -0.1) is 6.42 Å². The Bertz CT molecular complexity index is 374. The molecule has 0 unspecified atom stereocenters. The van der Waals surface area contributed by atoms with E-state index >= 15 is 0 Å². The van der Waals surface area contributed by atoms with Gasteiger partial charge in [0.15, 0.2) is 5.78 Å². The van der Waals surface area contributed by atoms with Crippen LogP contribution in [0.3, 0.4) is 0 Å². The molecule has 13 heavy (non-hydrogen) atoms. The van der Waals surface area contributed by atoms with E-state index in [1.807, 2.05) is 6.92 Å². The van der Waals surface area contributed by atoms with Crippen molar-refractivity contribution in [3.8, 4) is 12.3 Å². The van der Waals surface area contributed by atoms with Gasteiger partial charge in [-0.2, -0.15) is 0 Å². The first kappa shape index (κ1) is 9.34. The van der Waals surface area contributed by atoms with E-state index in [1.165, 1.54) is 0 Å². The Kier molecular flexibility index (Phi) is 2.71. The number of terminal acetylenes is 1. The summed E-state index contributed by atoms with van der Waals surface area (Å²) in [6.07, 6.45) is 5.18. The van der Waals surface area contributed by atoms with Crippen LogP contribution in [0.15, 0.2) is 18.2 Å². The average molecular weight is 173 g/mol. The lowest BCUT2D eigenvalue weighted by molar-refractivity contribution is 0.0997. The molecule has 1 aromatic carbocycles. The zero-order chi connectivity index (χ0) is 9.84. The van der Waals surface area contributed by atoms with Crippen LogP contribution in [0.2, 0.25) is 0 Å². The Hall–Kier alpha value is -1.75. The van der Waals surface area contributed by atoms with E-state index in [9.17, 15) is 4.79 Å². The van der Waals surface area contributed by atoms with Crippen molar-refractivity contribution in [2.24, 2.45) is 0 Å². The fraction of sp³-hybridized carbons (Fsp3) is 0.182. The molecule has 0 aliphatic heterocycles. The second kappa shape index (κ2) is 3.77. The van der Waals surface area contributed by atoms with Crippen molar-refractivity contribution in [2.75, 3.05) is 5.73 Å². The van der Waals surface area contributed by atoms with Crippen molar-refractivity contribution in [1.82, 2.24) is 0 Å². The first-order chi connectivity index (χ1) is 6.16. The predicted octanol–water partition coefficient (Wildman–Crippen LogP) is 1.78. The van der Waals surface area contributed by atoms with Gasteiger partial charge < -0.3 is 5.73 Å². The monoisotopic (exact) mass is 173 g/mol. The Balaban J connectivity index is 3.09. The highest BCUT2D eigenvalue weighted by Gasteiger charge is 2.08.